The molecule has 2 aromatic rings. The number of Topliss-reactive ketones (excluding diaryl/α,β-unsaturated/α-hetero) is 1. The van der Waals surface area contributed by atoms with Crippen LogP contribution in [0.5, 0.6) is 11.6 Å². The van der Waals surface area contributed by atoms with Crippen molar-refractivity contribution in [2.24, 2.45) is 0 Å². The van der Waals surface area contributed by atoms with Crippen molar-refractivity contribution >= 4 is 5.78 Å². The molecule has 7 nitrogen and oxygen atoms in total. The van der Waals surface area contributed by atoms with Crippen LogP contribution in [0.2, 0.25) is 0 Å². The van der Waals surface area contributed by atoms with E-state index in [2.05, 4.69) is 0 Å². The molecule has 0 aliphatic heterocycles. The molecule has 0 amide bonds. The number of benzene rings is 1. The third kappa shape index (κ3) is 4.38. The molecule has 0 spiro atoms. The van der Waals surface area contributed by atoms with Gasteiger partial charge in [0, 0.05) is 20.3 Å². The van der Waals surface area contributed by atoms with Crippen molar-refractivity contribution in [3.63, 3.8) is 0 Å². The maximum absolute atomic E-state index is 13.0. The Bertz CT molecular complexity index is 961. The van der Waals surface area contributed by atoms with E-state index in [4.69, 9.17) is 9.47 Å². The molecule has 0 fully saturated rings. The molecule has 0 radical (unpaired) electrons. The first-order valence-electron chi connectivity index (χ1n) is 8.63. The van der Waals surface area contributed by atoms with E-state index in [9.17, 15) is 24.3 Å². The van der Waals surface area contributed by atoms with Crippen molar-refractivity contribution in [3.8, 4) is 17.7 Å². The van der Waals surface area contributed by atoms with Crippen molar-refractivity contribution in [2.45, 2.75) is 32.9 Å². The number of rotatable bonds is 8. The molecule has 0 aliphatic rings. The number of carbonyl (C=O) groups excluding carboxylic acids is 1. The summed E-state index contributed by atoms with van der Waals surface area (Å²) in [6.45, 7) is 3.32. The molecule has 0 saturated carbocycles. The maximum atomic E-state index is 13.0. The van der Waals surface area contributed by atoms with Gasteiger partial charge in [-0.2, -0.15) is 5.26 Å². The summed E-state index contributed by atoms with van der Waals surface area (Å²) < 4.78 is 24.5. The van der Waals surface area contributed by atoms with E-state index in [-0.39, 0.29) is 29.0 Å². The van der Waals surface area contributed by atoms with Gasteiger partial charge in [-0.1, -0.05) is 0 Å². The second-order valence-electron chi connectivity index (χ2n) is 6.19. The molecule has 1 atom stereocenters. The highest BCUT2D eigenvalue weighted by molar-refractivity contribution is 6.03. The first kappa shape index (κ1) is 21.1. The first-order valence-corrected chi connectivity index (χ1v) is 8.63. The maximum Gasteiger partial charge on any atom is 0.271 e. The number of hydrogen-bond donors (Lipinski definition) is 1. The number of nitriles is 1. The summed E-state index contributed by atoms with van der Waals surface area (Å²) in [5, 5.41) is 19.9. The third-order valence-corrected chi connectivity index (χ3v) is 4.27. The Labute approximate surface area is 161 Å². The lowest BCUT2D eigenvalue weighted by atomic mass is 9.99. The Hall–Kier alpha value is -3.18. The molecule has 1 aromatic heterocycles. The number of halogens is 1. The number of ketones is 1. The van der Waals surface area contributed by atoms with Crippen LogP contribution in [-0.2, 0) is 11.3 Å². The monoisotopic (exact) mass is 388 g/mol. The molecule has 28 heavy (non-hydrogen) atoms. The van der Waals surface area contributed by atoms with Gasteiger partial charge < -0.3 is 14.6 Å². The van der Waals surface area contributed by atoms with Crippen LogP contribution in [0.3, 0.4) is 0 Å². The summed E-state index contributed by atoms with van der Waals surface area (Å²) in [6.07, 6.45) is -0.626. The number of carbonyl (C=O) groups is 1. The molecular weight excluding hydrogens is 367 g/mol. The molecule has 1 heterocycles. The van der Waals surface area contributed by atoms with Crippen molar-refractivity contribution in [1.82, 2.24) is 4.57 Å². The summed E-state index contributed by atoms with van der Waals surface area (Å²) >= 11 is 0. The van der Waals surface area contributed by atoms with Gasteiger partial charge in [-0.3, -0.25) is 14.2 Å². The van der Waals surface area contributed by atoms with Crippen molar-refractivity contribution in [2.75, 3.05) is 13.7 Å². The van der Waals surface area contributed by atoms with Gasteiger partial charge in [0.15, 0.2) is 6.10 Å². The number of ether oxygens (including phenoxy) is 2. The normalized spacial score (nSPS) is 11.7. The lowest BCUT2D eigenvalue weighted by Gasteiger charge is -2.19. The quantitative estimate of drug-likeness (QED) is 0.551. The Morgan fingerprint density at radius 1 is 1.36 bits per heavy atom. The zero-order valence-electron chi connectivity index (χ0n) is 15.9. The Morgan fingerprint density at radius 3 is 2.57 bits per heavy atom. The molecular formula is C20H21FN2O5. The average molecular weight is 388 g/mol. The molecule has 0 aliphatic carbocycles. The number of aromatic hydroxyl groups is 1. The minimum absolute atomic E-state index is 0.0843. The largest absolute Gasteiger partial charge is 0.494 e. The van der Waals surface area contributed by atoms with Crippen LogP contribution < -0.4 is 10.3 Å². The van der Waals surface area contributed by atoms with Crippen LogP contribution in [-0.4, -0.2) is 35.3 Å². The van der Waals surface area contributed by atoms with Gasteiger partial charge in [0.2, 0.25) is 11.7 Å². The van der Waals surface area contributed by atoms with E-state index in [1.807, 2.05) is 0 Å². The van der Waals surface area contributed by atoms with Gasteiger partial charge >= 0.3 is 0 Å². The van der Waals surface area contributed by atoms with E-state index >= 15 is 0 Å². The molecule has 0 saturated heterocycles. The van der Waals surface area contributed by atoms with E-state index in [1.165, 1.54) is 45.2 Å². The van der Waals surface area contributed by atoms with Crippen molar-refractivity contribution in [1.29, 1.82) is 5.26 Å². The number of nitrogens with zero attached hydrogens (tertiary/aromatic N) is 2. The second-order valence-corrected chi connectivity index (χ2v) is 6.19. The first-order chi connectivity index (χ1) is 13.3. The second kappa shape index (κ2) is 9.15. The fourth-order valence-electron chi connectivity index (χ4n) is 2.79. The van der Waals surface area contributed by atoms with Crippen molar-refractivity contribution < 1.29 is 23.8 Å². The van der Waals surface area contributed by atoms with Gasteiger partial charge in [-0.25, -0.2) is 4.39 Å². The van der Waals surface area contributed by atoms with Gasteiger partial charge in [0.25, 0.3) is 5.56 Å². The highest BCUT2D eigenvalue weighted by Crippen LogP contribution is 2.25. The fourth-order valence-corrected chi connectivity index (χ4v) is 2.79. The predicted octanol–water partition coefficient (Wildman–Crippen LogP) is 2.56. The molecule has 1 unspecified atom stereocenters. The number of hydrogen-bond acceptors (Lipinski definition) is 6. The highest BCUT2D eigenvalue weighted by Gasteiger charge is 2.28. The van der Waals surface area contributed by atoms with E-state index in [0.29, 0.717) is 13.0 Å². The van der Waals surface area contributed by atoms with Crippen LogP contribution in [0.1, 0.15) is 34.8 Å². The third-order valence-electron chi connectivity index (χ3n) is 4.27. The smallest absolute Gasteiger partial charge is 0.271 e. The number of aromatic nitrogens is 1. The lowest BCUT2D eigenvalue weighted by molar-refractivity contribution is 0.0812. The average Bonchev–Trinajstić information content (AvgIpc) is 2.66. The van der Waals surface area contributed by atoms with Gasteiger partial charge in [-0.05, 0) is 50.1 Å². The Balaban J connectivity index is 2.43. The lowest BCUT2D eigenvalue weighted by Crippen LogP contribution is -2.31. The van der Waals surface area contributed by atoms with Crippen molar-refractivity contribution in [3.05, 3.63) is 57.1 Å². The van der Waals surface area contributed by atoms with Gasteiger partial charge in [0.05, 0.1) is 5.56 Å². The molecule has 148 valence electrons. The summed E-state index contributed by atoms with van der Waals surface area (Å²) in [7, 11) is 1.50. The molecule has 1 N–H and O–H groups in total. The minimum atomic E-state index is -1.04. The highest BCUT2D eigenvalue weighted by atomic mass is 19.1. The zero-order valence-corrected chi connectivity index (χ0v) is 15.9. The molecule has 8 heteroatoms. The van der Waals surface area contributed by atoms with E-state index < -0.39 is 29.1 Å². The van der Waals surface area contributed by atoms with E-state index in [1.54, 1.807) is 6.07 Å². The summed E-state index contributed by atoms with van der Waals surface area (Å²) in [5.74, 6) is -1.29. The predicted molar refractivity (Wildman–Crippen MR) is 99.1 cm³/mol. The number of pyridine rings is 1. The van der Waals surface area contributed by atoms with Crippen LogP contribution in [0.4, 0.5) is 4.39 Å². The van der Waals surface area contributed by atoms with Gasteiger partial charge in [0.1, 0.15) is 23.2 Å². The van der Waals surface area contributed by atoms with Crippen LogP contribution >= 0.6 is 0 Å². The number of methoxy groups -OCH3 is 1. The Kier molecular flexibility index (Phi) is 6.90. The summed E-state index contributed by atoms with van der Waals surface area (Å²) in [4.78, 5) is 25.4. The SMILES string of the molecule is COCCCn1c(O)c(C(=O)C(C)Oc2ccc(F)cc2)c(C)c(C#N)c1=O. The Morgan fingerprint density at radius 2 is 2.00 bits per heavy atom. The minimum Gasteiger partial charge on any atom is -0.494 e. The van der Waals surface area contributed by atoms with E-state index in [0.717, 1.165) is 4.57 Å². The molecule has 1 aromatic carbocycles. The zero-order chi connectivity index (χ0) is 20.8. The molecule has 0 bridgehead atoms. The van der Waals surface area contributed by atoms with Crippen LogP contribution in [0.15, 0.2) is 29.1 Å². The fraction of sp³-hybridized carbons (Fsp3) is 0.350. The molecule has 2 rings (SSSR count). The van der Waals surface area contributed by atoms with Crippen LogP contribution in [0.25, 0.3) is 0 Å². The summed E-state index contributed by atoms with van der Waals surface area (Å²) in [5.41, 5.74) is -0.944. The summed E-state index contributed by atoms with van der Waals surface area (Å²) in [6, 6.07) is 6.93. The van der Waals surface area contributed by atoms with Gasteiger partial charge in [-0.15, -0.1) is 0 Å². The topological polar surface area (TPSA) is 102 Å². The standard InChI is InChI=1S/C20H21FN2O5/c1-12-16(11-22)19(25)23(9-4-10-27-3)20(26)17(12)18(24)13(2)28-15-7-5-14(21)6-8-15/h5-8,13,26H,4,9-10H2,1-3H3. The van der Waals surface area contributed by atoms with Crippen LogP contribution in [0, 0.1) is 24.1 Å².